The van der Waals surface area contributed by atoms with Crippen molar-refractivity contribution >= 4 is 43.3 Å². The minimum absolute atomic E-state index is 0.0417. The van der Waals surface area contributed by atoms with E-state index < -0.39 is 21.4 Å². The van der Waals surface area contributed by atoms with E-state index in [-0.39, 0.29) is 26.7 Å². The molecule has 0 radical (unpaired) electrons. The van der Waals surface area contributed by atoms with E-state index in [2.05, 4.69) is 20.7 Å². The summed E-state index contributed by atoms with van der Waals surface area (Å²) < 4.78 is 27.3. The Bertz CT molecular complexity index is 634. The normalized spacial score (nSPS) is 18.0. The van der Waals surface area contributed by atoms with Gasteiger partial charge in [-0.25, -0.2) is 17.9 Å². The number of thiophene rings is 1. The first-order chi connectivity index (χ1) is 9.80. The lowest BCUT2D eigenvalue weighted by Crippen LogP contribution is -2.38. The zero-order chi connectivity index (χ0) is 15.7. The number of aliphatic hydroxyl groups excluding tert-OH is 1. The van der Waals surface area contributed by atoms with Crippen molar-refractivity contribution in [3.8, 4) is 0 Å². The van der Waals surface area contributed by atoms with E-state index in [1.54, 1.807) is 0 Å². The van der Waals surface area contributed by atoms with Crippen LogP contribution in [-0.4, -0.2) is 37.8 Å². The molecule has 1 aliphatic rings. The lowest BCUT2D eigenvalue weighted by Gasteiger charge is -2.26. The number of carbonyl (C=O) groups is 1. The number of aromatic carboxylic acids is 1. The molecule has 1 fully saturated rings. The van der Waals surface area contributed by atoms with Crippen LogP contribution in [0.25, 0.3) is 0 Å². The maximum Gasteiger partial charge on any atom is 0.345 e. The molecule has 1 saturated carbocycles. The largest absolute Gasteiger partial charge is 0.477 e. The quantitative estimate of drug-likeness (QED) is 0.681. The Labute approximate surface area is 135 Å². The Kier molecular flexibility index (Phi) is 5.09. The van der Waals surface area contributed by atoms with Crippen LogP contribution in [0.4, 0.5) is 0 Å². The molecule has 3 N–H and O–H groups in total. The summed E-state index contributed by atoms with van der Waals surface area (Å²) in [5.41, 5.74) is -0.398. The maximum absolute atomic E-state index is 12.3. The number of rotatable bonds is 6. The number of sulfonamides is 1. The molecule has 118 valence electrons. The van der Waals surface area contributed by atoms with Gasteiger partial charge in [-0.15, -0.1) is 11.3 Å². The van der Waals surface area contributed by atoms with Gasteiger partial charge < -0.3 is 10.2 Å². The fourth-order valence-electron chi connectivity index (χ4n) is 2.48. The van der Waals surface area contributed by atoms with Gasteiger partial charge in [0.15, 0.2) is 0 Å². The lowest BCUT2D eigenvalue weighted by atomic mass is 9.88. The van der Waals surface area contributed by atoms with Crippen molar-refractivity contribution in [2.75, 3.05) is 13.2 Å². The molecule has 0 bridgehead atoms. The van der Waals surface area contributed by atoms with Crippen LogP contribution in [0.5, 0.6) is 0 Å². The zero-order valence-corrected chi connectivity index (χ0v) is 14.4. The van der Waals surface area contributed by atoms with Crippen molar-refractivity contribution < 1.29 is 23.4 Å². The second-order valence-electron chi connectivity index (χ2n) is 5.24. The number of hydrogen-bond acceptors (Lipinski definition) is 5. The van der Waals surface area contributed by atoms with Crippen molar-refractivity contribution in [3.63, 3.8) is 0 Å². The Morgan fingerprint density at radius 1 is 1.43 bits per heavy atom. The van der Waals surface area contributed by atoms with Gasteiger partial charge in [0, 0.05) is 18.6 Å². The Balaban J connectivity index is 2.17. The predicted octanol–water partition coefficient (Wildman–Crippen LogP) is 2.04. The minimum Gasteiger partial charge on any atom is -0.477 e. The van der Waals surface area contributed by atoms with E-state index in [1.807, 2.05) is 0 Å². The van der Waals surface area contributed by atoms with Crippen LogP contribution < -0.4 is 4.72 Å². The first-order valence-electron chi connectivity index (χ1n) is 6.43. The summed E-state index contributed by atoms with van der Waals surface area (Å²) in [5.74, 6) is -1.16. The van der Waals surface area contributed by atoms with Crippen LogP contribution in [0.1, 0.15) is 35.4 Å². The molecular weight excluding hydrogens is 382 g/mol. The number of nitrogens with one attached hydrogen (secondary N) is 1. The molecule has 21 heavy (non-hydrogen) atoms. The highest BCUT2D eigenvalue weighted by atomic mass is 79.9. The Morgan fingerprint density at radius 2 is 2.05 bits per heavy atom. The smallest absolute Gasteiger partial charge is 0.345 e. The van der Waals surface area contributed by atoms with Gasteiger partial charge >= 0.3 is 5.97 Å². The highest BCUT2D eigenvalue weighted by molar-refractivity contribution is 9.11. The van der Waals surface area contributed by atoms with Crippen molar-refractivity contribution in [3.05, 3.63) is 14.7 Å². The molecule has 0 unspecified atom stereocenters. The van der Waals surface area contributed by atoms with Gasteiger partial charge in [-0.05, 0) is 34.8 Å². The van der Waals surface area contributed by atoms with E-state index in [0.717, 1.165) is 43.1 Å². The summed E-state index contributed by atoms with van der Waals surface area (Å²) in [6, 6.07) is 1.14. The van der Waals surface area contributed by atoms with Crippen molar-refractivity contribution in [2.24, 2.45) is 5.41 Å². The van der Waals surface area contributed by atoms with Crippen LogP contribution in [0.2, 0.25) is 0 Å². The standard InChI is InChI=1S/C12H16BrNO5S2/c13-10-9(5-8(20-10)11(16)17)21(18,19)14-6-12(7-15)3-1-2-4-12/h5,14-15H,1-4,6-7H2,(H,16,17). The molecule has 6 nitrogen and oxygen atoms in total. The molecule has 0 aromatic carbocycles. The third-order valence-corrected chi connectivity index (χ3v) is 7.43. The topological polar surface area (TPSA) is 104 Å². The molecule has 1 aromatic heterocycles. The highest BCUT2D eigenvalue weighted by Crippen LogP contribution is 2.38. The number of carboxylic acids is 1. The van der Waals surface area contributed by atoms with Crippen molar-refractivity contribution in [2.45, 2.75) is 30.6 Å². The third kappa shape index (κ3) is 3.65. The van der Waals surface area contributed by atoms with E-state index in [4.69, 9.17) is 5.11 Å². The molecule has 0 saturated heterocycles. The Hall–Kier alpha value is -0.480. The molecule has 9 heteroatoms. The van der Waals surface area contributed by atoms with Crippen LogP contribution in [0, 0.1) is 5.41 Å². The maximum atomic E-state index is 12.3. The second kappa shape index (κ2) is 6.33. The van der Waals surface area contributed by atoms with Crippen molar-refractivity contribution in [1.29, 1.82) is 0 Å². The summed E-state index contributed by atoms with van der Waals surface area (Å²) in [5, 5.41) is 18.4. The Morgan fingerprint density at radius 3 is 2.52 bits per heavy atom. The van der Waals surface area contributed by atoms with Crippen LogP contribution in [0.3, 0.4) is 0 Å². The van der Waals surface area contributed by atoms with Gasteiger partial charge in [0.1, 0.15) is 9.77 Å². The van der Waals surface area contributed by atoms with E-state index >= 15 is 0 Å². The molecular formula is C12H16BrNO5S2. The lowest BCUT2D eigenvalue weighted by molar-refractivity contribution is 0.0702. The van der Waals surface area contributed by atoms with Crippen LogP contribution >= 0.6 is 27.3 Å². The number of carboxylic acid groups (broad SMARTS) is 1. The minimum atomic E-state index is -3.80. The SMILES string of the molecule is O=C(O)c1cc(S(=O)(=O)NCC2(CO)CCCC2)c(Br)s1. The van der Waals surface area contributed by atoms with Gasteiger partial charge in [-0.2, -0.15) is 0 Å². The monoisotopic (exact) mass is 397 g/mol. The number of halogens is 1. The second-order valence-corrected chi connectivity index (χ2v) is 9.35. The molecule has 1 heterocycles. The van der Waals surface area contributed by atoms with E-state index in [9.17, 15) is 18.3 Å². The van der Waals surface area contributed by atoms with E-state index in [0.29, 0.717) is 0 Å². The van der Waals surface area contributed by atoms with Crippen molar-refractivity contribution in [1.82, 2.24) is 4.72 Å². The van der Waals surface area contributed by atoms with Gasteiger partial charge in [0.2, 0.25) is 10.0 Å². The van der Waals surface area contributed by atoms with Gasteiger partial charge in [-0.1, -0.05) is 12.8 Å². The molecule has 1 aromatic rings. The summed E-state index contributed by atoms with van der Waals surface area (Å²) in [6.07, 6.45) is 3.54. The summed E-state index contributed by atoms with van der Waals surface area (Å²) >= 11 is 3.95. The van der Waals surface area contributed by atoms with Crippen LogP contribution in [0.15, 0.2) is 14.7 Å². The van der Waals surface area contributed by atoms with E-state index in [1.165, 1.54) is 0 Å². The fraction of sp³-hybridized carbons (Fsp3) is 0.583. The summed E-state index contributed by atoms with van der Waals surface area (Å²) in [7, 11) is -3.80. The van der Waals surface area contributed by atoms with Crippen LogP contribution in [-0.2, 0) is 10.0 Å². The number of aliphatic hydroxyl groups is 1. The summed E-state index contributed by atoms with van der Waals surface area (Å²) in [6.45, 7) is 0.108. The third-order valence-electron chi connectivity index (χ3n) is 3.79. The fourth-order valence-corrected chi connectivity index (χ4v) is 6.04. The molecule has 2 rings (SSSR count). The molecule has 0 atom stereocenters. The number of hydrogen-bond donors (Lipinski definition) is 3. The average molecular weight is 398 g/mol. The molecule has 0 aliphatic heterocycles. The van der Waals surface area contributed by atoms with Gasteiger partial charge in [0.25, 0.3) is 0 Å². The van der Waals surface area contributed by atoms with Gasteiger partial charge in [0.05, 0.1) is 3.79 Å². The average Bonchev–Trinajstić information content (AvgIpc) is 3.04. The molecule has 0 amide bonds. The van der Waals surface area contributed by atoms with Gasteiger partial charge in [-0.3, -0.25) is 0 Å². The highest BCUT2D eigenvalue weighted by Gasteiger charge is 2.35. The summed E-state index contributed by atoms with van der Waals surface area (Å²) in [4.78, 5) is 10.8. The zero-order valence-electron chi connectivity index (χ0n) is 11.1. The first kappa shape index (κ1) is 16.9. The molecule has 1 aliphatic carbocycles. The predicted molar refractivity (Wildman–Crippen MR) is 82.2 cm³/mol. The molecule has 0 spiro atoms. The first-order valence-corrected chi connectivity index (χ1v) is 9.52.